The van der Waals surface area contributed by atoms with Gasteiger partial charge in [0.2, 0.25) is 0 Å². The van der Waals surface area contributed by atoms with Crippen molar-refractivity contribution < 1.29 is 0 Å². The van der Waals surface area contributed by atoms with E-state index in [4.69, 9.17) is 5.26 Å². The average molecular weight is 168 g/mol. The van der Waals surface area contributed by atoms with E-state index in [2.05, 4.69) is 18.0 Å². The van der Waals surface area contributed by atoms with Crippen LogP contribution in [0.1, 0.15) is 33.1 Å². The lowest BCUT2D eigenvalue weighted by molar-refractivity contribution is 0.212. The standard InChI is InChI=1S/C8H14N2.C2H6/c1-10-6-2-3-8(7-10)4-5-9;1-2/h8H,2-4,6-7H2,1H3;1-2H3. The molecule has 2 nitrogen and oxygen atoms in total. The van der Waals surface area contributed by atoms with Crippen LogP contribution in [0.4, 0.5) is 0 Å². The van der Waals surface area contributed by atoms with Crippen molar-refractivity contribution in [2.75, 3.05) is 20.1 Å². The first-order chi connectivity index (χ1) is 5.83. The average Bonchev–Trinajstić information content (AvgIpc) is 2.09. The van der Waals surface area contributed by atoms with Gasteiger partial charge < -0.3 is 4.90 Å². The predicted molar refractivity (Wildman–Crippen MR) is 51.8 cm³/mol. The van der Waals surface area contributed by atoms with E-state index in [-0.39, 0.29) is 0 Å². The first-order valence-corrected chi connectivity index (χ1v) is 4.88. The third-order valence-electron chi connectivity index (χ3n) is 2.10. The van der Waals surface area contributed by atoms with Crippen molar-refractivity contribution in [2.24, 2.45) is 5.92 Å². The molecule has 0 bridgehead atoms. The van der Waals surface area contributed by atoms with Crippen LogP contribution in [0, 0.1) is 17.2 Å². The Labute approximate surface area is 76.2 Å². The third kappa shape index (κ3) is 4.35. The first kappa shape index (κ1) is 11.4. The molecule has 1 fully saturated rings. The smallest absolute Gasteiger partial charge is 0.0625 e. The van der Waals surface area contributed by atoms with E-state index < -0.39 is 0 Å². The van der Waals surface area contributed by atoms with Gasteiger partial charge in [0, 0.05) is 13.0 Å². The summed E-state index contributed by atoms with van der Waals surface area (Å²) in [5.74, 6) is 0.642. The summed E-state index contributed by atoms with van der Waals surface area (Å²) < 4.78 is 0. The van der Waals surface area contributed by atoms with Gasteiger partial charge in [-0.15, -0.1) is 0 Å². The summed E-state index contributed by atoms with van der Waals surface area (Å²) in [6, 6.07) is 2.23. The highest BCUT2D eigenvalue weighted by Crippen LogP contribution is 2.17. The minimum absolute atomic E-state index is 0.642. The van der Waals surface area contributed by atoms with Crippen molar-refractivity contribution in [1.29, 1.82) is 5.26 Å². The molecule has 0 aromatic heterocycles. The van der Waals surface area contributed by atoms with Crippen LogP contribution in [0.25, 0.3) is 0 Å². The lowest BCUT2D eigenvalue weighted by Crippen LogP contribution is -2.31. The fraction of sp³-hybridized carbons (Fsp3) is 0.900. The maximum atomic E-state index is 8.44. The Morgan fingerprint density at radius 2 is 2.17 bits per heavy atom. The Hall–Kier alpha value is -0.550. The van der Waals surface area contributed by atoms with Crippen LogP contribution in [-0.4, -0.2) is 25.0 Å². The summed E-state index contributed by atoms with van der Waals surface area (Å²) in [6.07, 6.45) is 3.26. The van der Waals surface area contributed by atoms with Crippen molar-refractivity contribution in [2.45, 2.75) is 33.1 Å². The molecular formula is C10H20N2. The Bertz CT molecular complexity index is 137. The van der Waals surface area contributed by atoms with E-state index in [1.807, 2.05) is 13.8 Å². The monoisotopic (exact) mass is 168 g/mol. The molecule has 1 aliphatic rings. The van der Waals surface area contributed by atoms with Gasteiger partial charge in [-0.3, -0.25) is 0 Å². The van der Waals surface area contributed by atoms with Crippen molar-refractivity contribution in [1.82, 2.24) is 4.90 Å². The number of nitrogens with zero attached hydrogens (tertiary/aromatic N) is 2. The Balaban J connectivity index is 0.000000561. The van der Waals surface area contributed by atoms with Crippen molar-refractivity contribution in [3.8, 4) is 6.07 Å². The molecule has 12 heavy (non-hydrogen) atoms. The number of hydrogen-bond acceptors (Lipinski definition) is 2. The molecule has 0 aliphatic carbocycles. The molecule has 0 radical (unpaired) electrons. The minimum Gasteiger partial charge on any atom is -0.306 e. The van der Waals surface area contributed by atoms with Gasteiger partial charge in [0.05, 0.1) is 6.07 Å². The zero-order valence-corrected chi connectivity index (χ0v) is 8.51. The minimum atomic E-state index is 0.642. The van der Waals surface area contributed by atoms with Gasteiger partial charge in [-0.2, -0.15) is 5.26 Å². The van der Waals surface area contributed by atoms with E-state index in [0.29, 0.717) is 5.92 Å². The zero-order chi connectivity index (χ0) is 9.40. The van der Waals surface area contributed by atoms with Crippen LogP contribution in [0.5, 0.6) is 0 Å². The lowest BCUT2D eigenvalue weighted by Gasteiger charge is -2.27. The molecule has 70 valence electrons. The van der Waals surface area contributed by atoms with Crippen LogP contribution >= 0.6 is 0 Å². The number of likely N-dealkylation sites (tertiary alicyclic amines) is 1. The summed E-state index contributed by atoms with van der Waals surface area (Å²) in [6.45, 7) is 6.33. The predicted octanol–water partition coefficient (Wildman–Crippen LogP) is 2.27. The molecule has 0 spiro atoms. The summed E-state index contributed by atoms with van der Waals surface area (Å²) in [5.41, 5.74) is 0. The molecule has 1 rings (SSSR count). The zero-order valence-electron chi connectivity index (χ0n) is 8.51. The topological polar surface area (TPSA) is 27.0 Å². The highest BCUT2D eigenvalue weighted by molar-refractivity contribution is 4.80. The maximum absolute atomic E-state index is 8.44. The van der Waals surface area contributed by atoms with Gasteiger partial charge >= 0.3 is 0 Å². The fourth-order valence-corrected chi connectivity index (χ4v) is 1.57. The van der Waals surface area contributed by atoms with Crippen LogP contribution in [0.15, 0.2) is 0 Å². The summed E-state index contributed by atoms with van der Waals surface area (Å²) in [4.78, 5) is 2.31. The Morgan fingerprint density at radius 1 is 1.50 bits per heavy atom. The highest BCUT2D eigenvalue weighted by atomic mass is 15.1. The number of nitriles is 1. The molecular weight excluding hydrogens is 148 g/mol. The molecule has 1 atom stereocenters. The van der Waals surface area contributed by atoms with E-state index in [1.54, 1.807) is 0 Å². The summed E-state index contributed by atoms with van der Waals surface area (Å²) >= 11 is 0. The van der Waals surface area contributed by atoms with Crippen molar-refractivity contribution in [3.63, 3.8) is 0 Å². The second-order valence-electron chi connectivity index (χ2n) is 3.13. The molecule has 0 saturated carbocycles. The van der Waals surface area contributed by atoms with Crippen LogP contribution in [0.3, 0.4) is 0 Å². The van der Waals surface area contributed by atoms with E-state index >= 15 is 0 Å². The first-order valence-electron chi connectivity index (χ1n) is 4.88. The molecule has 0 aromatic carbocycles. The molecule has 1 saturated heterocycles. The van der Waals surface area contributed by atoms with Gasteiger partial charge in [-0.1, -0.05) is 13.8 Å². The summed E-state index contributed by atoms with van der Waals surface area (Å²) in [5, 5.41) is 8.44. The number of piperidine rings is 1. The SMILES string of the molecule is CC.CN1CCCC(CC#N)C1. The second-order valence-corrected chi connectivity index (χ2v) is 3.13. The van der Waals surface area contributed by atoms with Crippen molar-refractivity contribution >= 4 is 0 Å². The van der Waals surface area contributed by atoms with Crippen molar-refractivity contribution in [3.05, 3.63) is 0 Å². The molecule has 1 aliphatic heterocycles. The van der Waals surface area contributed by atoms with Gasteiger partial charge in [0.1, 0.15) is 0 Å². The molecule has 0 N–H and O–H groups in total. The van der Waals surface area contributed by atoms with E-state index in [9.17, 15) is 0 Å². The molecule has 2 heteroatoms. The fourth-order valence-electron chi connectivity index (χ4n) is 1.57. The second kappa shape index (κ2) is 7.12. The lowest BCUT2D eigenvalue weighted by atomic mass is 9.96. The summed E-state index contributed by atoms with van der Waals surface area (Å²) in [7, 11) is 2.13. The van der Waals surface area contributed by atoms with E-state index in [1.165, 1.54) is 19.4 Å². The largest absolute Gasteiger partial charge is 0.306 e. The maximum Gasteiger partial charge on any atom is 0.0625 e. The highest BCUT2D eigenvalue weighted by Gasteiger charge is 2.15. The van der Waals surface area contributed by atoms with E-state index in [0.717, 1.165) is 13.0 Å². The van der Waals surface area contributed by atoms with Crippen LogP contribution in [0.2, 0.25) is 0 Å². The van der Waals surface area contributed by atoms with Gasteiger partial charge in [0.25, 0.3) is 0 Å². The van der Waals surface area contributed by atoms with Gasteiger partial charge in [-0.25, -0.2) is 0 Å². The molecule has 0 aromatic rings. The van der Waals surface area contributed by atoms with Gasteiger partial charge in [0.15, 0.2) is 0 Å². The van der Waals surface area contributed by atoms with Gasteiger partial charge in [-0.05, 0) is 32.4 Å². The Kier molecular flexibility index (Phi) is 6.79. The molecule has 0 amide bonds. The number of hydrogen-bond donors (Lipinski definition) is 0. The van der Waals surface area contributed by atoms with Crippen LogP contribution in [-0.2, 0) is 0 Å². The van der Waals surface area contributed by atoms with Crippen LogP contribution < -0.4 is 0 Å². The quantitative estimate of drug-likeness (QED) is 0.600. The third-order valence-corrected chi connectivity index (χ3v) is 2.10. The molecule has 1 heterocycles. The Morgan fingerprint density at radius 3 is 2.67 bits per heavy atom. The number of rotatable bonds is 1. The normalized spacial score (nSPS) is 23.7. The molecule has 1 unspecified atom stereocenters.